The molecule has 3 aromatic carbocycles. The molecule has 0 heterocycles. The van der Waals surface area contributed by atoms with Crippen LogP contribution >= 0.6 is 11.6 Å². The smallest absolute Gasteiger partial charge is 0.264 e. The maximum Gasteiger partial charge on any atom is 0.264 e. The quantitative estimate of drug-likeness (QED) is 0.283. The number of aryl methyl sites for hydroxylation is 1. The summed E-state index contributed by atoms with van der Waals surface area (Å²) in [6.45, 7) is 9.80. The van der Waals surface area contributed by atoms with Crippen LogP contribution in [0.15, 0.2) is 77.7 Å². The summed E-state index contributed by atoms with van der Waals surface area (Å²) in [7, 11) is -4.14. The number of rotatable bonds is 13. The fraction of sp³-hybridized carbons (Fsp3) is 0.355. The van der Waals surface area contributed by atoms with Gasteiger partial charge in [0.1, 0.15) is 18.3 Å². The number of amides is 2. The minimum Gasteiger partial charge on any atom is -0.494 e. The number of benzene rings is 3. The van der Waals surface area contributed by atoms with Gasteiger partial charge in [0.15, 0.2) is 0 Å². The SMILES string of the molecule is CCOc1ccc(N(CC(=O)N(Cc2ccc(Cl)cc2)[C@@H](C)C(=O)NCC(C)C)S(=O)(=O)c2ccc(C)cc2)cc1. The lowest BCUT2D eigenvalue weighted by atomic mass is 10.1. The fourth-order valence-corrected chi connectivity index (χ4v) is 5.60. The van der Waals surface area contributed by atoms with Gasteiger partial charge in [-0.2, -0.15) is 0 Å². The minimum absolute atomic E-state index is 0.0526. The van der Waals surface area contributed by atoms with Gasteiger partial charge in [0, 0.05) is 18.1 Å². The molecule has 0 bridgehead atoms. The van der Waals surface area contributed by atoms with Crippen LogP contribution in [0.4, 0.5) is 5.69 Å². The number of hydrogen-bond acceptors (Lipinski definition) is 5. The van der Waals surface area contributed by atoms with Crippen molar-refractivity contribution in [3.05, 3.63) is 88.9 Å². The van der Waals surface area contributed by atoms with Crippen LogP contribution < -0.4 is 14.4 Å². The van der Waals surface area contributed by atoms with Crippen LogP contribution in [0.3, 0.4) is 0 Å². The molecule has 41 heavy (non-hydrogen) atoms. The van der Waals surface area contributed by atoms with Crippen molar-refractivity contribution in [2.24, 2.45) is 5.92 Å². The Balaban J connectivity index is 2.01. The molecule has 2 amide bonds. The maximum absolute atomic E-state index is 14.0. The summed E-state index contributed by atoms with van der Waals surface area (Å²) in [6.07, 6.45) is 0. The molecule has 1 N–H and O–H groups in total. The Hall–Kier alpha value is -3.56. The zero-order valence-corrected chi connectivity index (χ0v) is 25.7. The van der Waals surface area contributed by atoms with Crippen LogP contribution in [-0.4, -0.2) is 50.9 Å². The highest BCUT2D eigenvalue weighted by Gasteiger charge is 2.32. The van der Waals surface area contributed by atoms with Crippen molar-refractivity contribution >= 4 is 39.1 Å². The summed E-state index contributed by atoms with van der Waals surface area (Å²) >= 11 is 6.05. The van der Waals surface area contributed by atoms with E-state index in [4.69, 9.17) is 16.3 Å². The molecule has 0 fully saturated rings. The molecule has 3 rings (SSSR count). The van der Waals surface area contributed by atoms with E-state index in [9.17, 15) is 18.0 Å². The number of carbonyl (C=O) groups is 2. The first-order valence-corrected chi connectivity index (χ1v) is 15.4. The van der Waals surface area contributed by atoms with Crippen LogP contribution in [0.1, 0.15) is 38.8 Å². The van der Waals surface area contributed by atoms with Crippen molar-refractivity contribution in [3.8, 4) is 5.75 Å². The Kier molecular flexibility index (Phi) is 11.2. The van der Waals surface area contributed by atoms with Crippen molar-refractivity contribution in [1.82, 2.24) is 10.2 Å². The molecule has 0 aliphatic heterocycles. The van der Waals surface area contributed by atoms with E-state index < -0.39 is 28.5 Å². The van der Waals surface area contributed by atoms with Crippen molar-refractivity contribution in [2.45, 2.75) is 52.1 Å². The molecule has 0 saturated carbocycles. The highest BCUT2D eigenvalue weighted by molar-refractivity contribution is 7.92. The molecule has 3 aromatic rings. The molecule has 220 valence electrons. The summed E-state index contributed by atoms with van der Waals surface area (Å²) in [6, 6.07) is 19.1. The Morgan fingerprint density at radius 2 is 1.54 bits per heavy atom. The second kappa shape index (κ2) is 14.4. The number of halogens is 1. The van der Waals surface area contributed by atoms with E-state index in [1.54, 1.807) is 67.6 Å². The predicted octanol–water partition coefficient (Wildman–Crippen LogP) is 5.43. The number of ether oxygens (including phenoxy) is 1. The molecule has 0 aliphatic rings. The van der Waals surface area contributed by atoms with E-state index >= 15 is 0 Å². The molecule has 0 spiro atoms. The molecule has 0 unspecified atom stereocenters. The van der Waals surface area contributed by atoms with E-state index in [-0.39, 0.29) is 23.3 Å². The molecule has 0 radical (unpaired) electrons. The van der Waals surface area contributed by atoms with E-state index in [1.807, 2.05) is 27.7 Å². The second-order valence-electron chi connectivity index (χ2n) is 10.2. The first-order chi connectivity index (χ1) is 19.4. The van der Waals surface area contributed by atoms with Gasteiger partial charge in [-0.05, 0) is 80.8 Å². The summed E-state index contributed by atoms with van der Waals surface area (Å²) in [5, 5.41) is 3.42. The number of nitrogens with one attached hydrogen (secondary N) is 1. The van der Waals surface area contributed by atoms with Gasteiger partial charge in [-0.25, -0.2) is 8.42 Å². The first-order valence-electron chi connectivity index (χ1n) is 13.6. The van der Waals surface area contributed by atoms with Crippen molar-refractivity contribution < 1.29 is 22.7 Å². The average Bonchev–Trinajstić information content (AvgIpc) is 2.94. The van der Waals surface area contributed by atoms with Gasteiger partial charge in [-0.1, -0.05) is 55.3 Å². The number of nitrogens with zero attached hydrogens (tertiary/aromatic N) is 2. The molecule has 0 aromatic heterocycles. The molecule has 0 aliphatic carbocycles. The van der Waals surface area contributed by atoms with Crippen LogP contribution in [0, 0.1) is 12.8 Å². The van der Waals surface area contributed by atoms with Gasteiger partial charge in [-0.3, -0.25) is 13.9 Å². The van der Waals surface area contributed by atoms with Crippen LogP contribution in [0.25, 0.3) is 0 Å². The first kappa shape index (κ1) is 32.0. The van der Waals surface area contributed by atoms with Gasteiger partial charge in [0.25, 0.3) is 10.0 Å². The minimum atomic E-state index is -4.14. The van der Waals surface area contributed by atoms with Crippen LogP contribution in [-0.2, 0) is 26.2 Å². The third-order valence-electron chi connectivity index (χ3n) is 6.44. The van der Waals surface area contributed by atoms with E-state index in [2.05, 4.69) is 5.32 Å². The predicted molar refractivity (Wildman–Crippen MR) is 163 cm³/mol. The van der Waals surface area contributed by atoms with Crippen molar-refractivity contribution in [3.63, 3.8) is 0 Å². The van der Waals surface area contributed by atoms with Crippen molar-refractivity contribution in [1.29, 1.82) is 0 Å². The second-order valence-corrected chi connectivity index (χ2v) is 12.5. The average molecular weight is 600 g/mol. The lowest BCUT2D eigenvalue weighted by molar-refractivity contribution is -0.139. The van der Waals surface area contributed by atoms with E-state index in [0.29, 0.717) is 29.6 Å². The summed E-state index contributed by atoms with van der Waals surface area (Å²) in [5.41, 5.74) is 1.95. The lowest BCUT2D eigenvalue weighted by Crippen LogP contribution is -2.51. The van der Waals surface area contributed by atoms with Gasteiger partial charge in [-0.15, -0.1) is 0 Å². The monoisotopic (exact) mass is 599 g/mol. The summed E-state index contributed by atoms with van der Waals surface area (Å²) in [4.78, 5) is 28.5. The van der Waals surface area contributed by atoms with E-state index in [1.165, 1.54) is 17.0 Å². The van der Waals surface area contributed by atoms with Crippen LogP contribution in [0.5, 0.6) is 5.75 Å². The standard InChI is InChI=1S/C31H38ClN3O5S/c1-6-40-28-15-13-27(14-16-28)35(41(38,39)29-17-7-23(4)8-18-29)21-30(36)34(20-25-9-11-26(32)12-10-25)24(5)31(37)33-19-22(2)3/h7-18,22,24H,6,19-21H2,1-5H3,(H,33,37)/t24-/m0/s1. The number of hydrogen-bond donors (Lipinski definition) is 1. The largest absolute Gasteiger partial charge is 0.494 e. The number of sulfonamides is 1. The van der Waals surface area contributed by atoms with Crippen LogP contribution in [0.2, 0.25) is 5.02 Å². The molecule has 10 heteroatoms. The van der Waals surface area contributed by atoms with Gasteiger partial charge >= 0.3 is 0 Å². The summed E-state index contributed by atoms with van der Waals surface area (Å²) in [5.74, 6) is -0.0526. The topological polar surface area (TPSA) is 96.0 Å². The lowest BCUT2D eigenvalue weighted by Gasteiger charge is -2.32. The zero-order valence-electron chi connectivity index (χ0n) is 24.1. The summed E-state index contributed by atoms with van der Waals surface area (Å²) < 4.78 is 34.4. The number of carbonyl (C=O) groups excluding carboxylic acids is 2. The zero-order chi connectivity index (χ0) is 30.2. The Morgan fingerprint density at radius 3 is 2.10 bits per heavy atom. The molecule has 8 nitrogen and oxygen atoms in total. The molecule has 0 saturated heterocycles. The maximum atomic E-state index is 14.0. The third-order valence-corrected chi connectivity index (χ3v) is 8.48. The Labute approximate surface area is 248 Å². The van der Waals surface area contributed by atoms with Crippen molar-refractivity contribution in [2.75, 3.05) is 24.0 Å². The molecular formula is C31H38ClN3O5S. The fourth-order valence-electron chi connectivity index (χ4n) is 4.06. The van der Waals surface area contributed by atoms with E-state index in [0.717, 1.165) is 15.4 Å². The Morgan fingerprint density at radius 1 is 0.927 bits per heavy atom. The third kappa shape index (κ3) is 8.71. The molecule has 1 atom stereocenters. The van der Waals surface area contributed by atoms with Gasteiger partial charge in [0.05, 0.1) is 17.2 Å². The number of anilines is 1. The Bertz CT molecular complexity index is 1410. The van der Waals surface area contributed by atoms with Gasteiger partial charge < -0.3 is 15.0 Å². The normalized spacial score (nSPS) is 12.1. The highest BCUT2D eigenvalue weighted by Crippen LogP contribution is 2.27. The van der Waals surface area contributed by atoms with Gasteiger partial charge in [0.2, 0.25) is 11.8 Å². The molecular weight excluding hydrogens is 562 g/mol. The highest BCUT2D eigenvalue weighted by atomic mass is 35.5.